The minimum Gasteiger partial charge on any atom is -0.494 e. The maximum absolute atomic E-state index is 5.56. The lowest BCUT2D eigenvalue weighted by molar-refractivity contribution is 0.0491. The van der Waals surface area contributed by atoms with Crippen LogP contribution < -0.4 is 0 Å². The maximum atomic E-state index is 5.56. The first kappa shape index (κ1) is 15.6. The Balaban J connectivity index is 4.43. The van der Waals surface area contributed by atoms with Gasteiger partial charge < -0.3 is 22.8 Å². The molecular weight excluding hydrogens is 228 g/mol. The summed E-state index contributed by atoms with van der Waals surface area (Å²) < 4.78 is 26.5. The summed E-state index contributed by atoms with van der Waals surface area (Å²) in [7, 11) is 3.62. The van der Waals surface area contributed by atoms with Crippen LogP contribution in [-0.2, 0) is 22.8 Å². The Morgan fingerprint density at radius 1 is 1.06 bits per heavy atom. The monoisotopic (exact) mass is 250 g/mol. The molecule has 0 heterocycles. The molecule has 0 aromatic carbocycles. The topological polar surface area (TPSA) is 46.2 Å². The molecule has 16 heavy (non-hydrogen) atoms. The van der Waals surface area contributed by atoms with Gasteiger partial charge in [0.25, 0.3) is 0 Å². The van der Waals surface area contributed by atoms with Crippen LogP contribution in [0.2, 0.25) is 0 Å². The zero-order valence-electron chi connectivity index (χ0n) is 10.7. The molecule has 1 atom stereocenters. The lowest BCUT2D eigenvalue weighted by Gasteiger charge is -2.30. The van der Waals surface area contributed by atoms with Crippen molar-refractivity contribution in [2.45, 2.75) is 19.1 Å². The normalized spacial score (nSPS) is 14.3. The Morgan fingerprint density at radius 2 is 1.62 bits per heavy atom. The van der Waals surface area contributed by atoms with Gasteiger partial charge in [0.15, 0.2) is 5.73 Å². The highest BCUT2D eigenvalue weighted by Crippen LogP contribution is 2.18. The van der Waals surface area contributed by atoms with Gasteiger partial charge in [-0.25, -0.2) is 0 Å². The van der Waals surface area contributed by atoms with Gasteiger partial charge >= 0.3 is 8.80 Å². The average molecular weight is 250 g/mol. The summed E-state index contributed by atoms with van der Waals surface area (Å²) >= 11 is 0. The van der Waals surface area contributed by atoms with Gasteiger partial charge in [0, 0.05) is 28.4 Å². The van der Waals surface area contributed by atoms with Crippen LogP contribution in [0.3, 0.4) is 0 Å². The maximum Gasteiger partial charge on any atom is 0.543 e. The van der Waals surface area contributed by atoms with Crippen molar-refractivity contribution in [1.29, 1.82) is 0 Å². The van der Waals surface area contributed by atoms with E-state index in [1.807, 2.05) is 6.92 Å². The molecule has 6 heteroatoms. The molecule has 0 N–H and O–H groups in total. The molecule has 96 valence electrons. The molecule has 0 radical (unpaired) electrons. The summed E-state index contributed by atoms with van der Waals surface area (Å²) in [5.41, 5.74) is -0.208. The quantitative estimate of drug-likeness (QED) is 0.457. The Morgan fingerprint density at radius 3 is 2.00 bits per heavy atom. The molecule has 5 nitrogen and oxygen atoms in total. The molecule has 0 fully saturated rings. The third-order valence-electron chi connectivity index (χ3n) is 2.22. The lowest BCUT2D eigenvalue weighted by Crippen LogP contribution is -2.54. The van der Waals surface area contributed by atoms with Crippen LogP contribution in [-0.4, -0.2) is 49.6 Å². The standard InChI is InChI=1S/C10H22O5Si/c1-6-10(15-9-7-8-11-2)16(12-3,13-4)14-5/h7,9-10H,6,8H2,1-5H3. The van der Waals surface area contributed by atoms with E-state index in [9.17, 15) is 0 Å². The van der Waals surface area contributed by atoms with Gasteiger partial charge in [0.1, 0.15) is 0 Å². The third kappa shape index (κ3) is 4.23. The van der Waals surface area contributed by atoms with E-state index >= 15 is 0 Å². The number of rotatable bonds is 9. The van der Waals surface area contributed by atoms with Crippen LogP contribution in [0, 0.1) is 0 Å². The molecular formula is C10H22O5Si. The smallest absolute Gasteiger partial charge is 0.494 e. The van der Waals surface area contributed by atoms with E-state index in [0.29, 0.717) is 6.61 Å². The summed E-state index contributed by atoms with van der Waals surface area (Å²) in [5.74, 6) is 0. The molecule has 0 spiro atoms. The van der Waals surface area contributed by atoms with Crippen LogP contribution in [0.15, 0.2) is 12.3 Å². The van der Waals surface area contributed by atoms with Crippen molar-refractivity contribution in [3.63, 3.8) is 0 Å². The second-order valence-corrected chi connectivity index (χ2v) is 6.15. The molecule has 0 bridgehead atoms. The van der Waals surface area contributed by atoms with Gasteiger partial charge in [-0.05, 0) is 12.5 Å². The van der Waals surface area contributed by atoms with Crippen molar-refractivity contribution in [2.75, 3.05) is 35.0 Å². The van der Waals surface area contributed by atoms with E-state index in [0.717, 1.165) is 6.42 Å². The number of hydrogen-bond donors (Lipinski definition) is 0. The summed E-state index contributed by atoms with van der Waals surface area (Å²) in [6.45, 7) is 2.51. The van der Waals surface area contributed by atoms with E-state index in [4.69, 9.17) is 22.8 Å². The molecule has 0 aliphatic rings. The summed E-state index contributed by atoms with van der Waals surface area (Å²) in [5, 5.41) is 0. The predicted octanol–water partition coefficient (Wildman–Crippen LogP) is 1.36. The third-order valence-corrected chi connectivity index (χ3v) is 5.26. The van der Waals surface area contributed by atoms with E-state index in [1.54, 1.807) is 40.8 Å². The van der Waals surface area contributed by atoms with Gasteiger partial charge in [0.2, 0.25) is 0 Å². The first-order valence-corrected chi connectivity index (χ1v) is 6.95. The zero-order chi connectivity index (χ0) is 12.4. The van der Waals surface area contributed by atoms with Crippen LogP contribution in [0.4, 0.5) is 0 Å². The van der Waals surface area contributed by atoms with Crippen molar-refractivity contribution < 1.29 is 22.8 Å². The van der Waals surface area contributed by atoms with E-state index in [-0.39, 0.29) is 5.73 Å². The highest BCUT2D eigenvalue weighted by molar-refractivity contribution is 6.62. The van der Waals surface area contributed by atoms with Crippen LogP contribution in [0.5, 0.6) is 0 Å². The van der Waals surface area contributed by atoms with Gasteiger partial charge in [-0.2, -0.15) is 0 Å². The Labute approximate surface area is 98.7 Å². The Bertz CT molecular complexity index is 185. The highest BCUT2D eigenvalue weighted by Gasteiger charge is 2.48. The number of ether oxygens (including phenoxy) is 2. The molecule has 1 unspecified atom stereocenters. The molecule has 0 aromatic rings. The minimum absolute atomic E-state index is 0.208. The fourth-order valence-electron chi connectivity index (χ4n) is 1.36. The molecule has 0 saturated heterocycles. The number of hydrogen-bond acceptors (Lipinski definition) is 5. The van der Waals surface area contributed by atoms with Crippen molar-refractivity contribution in [1.82, 2.24) is 0 Å². The van der Waals surface area contributed by atoms with Crippen molar-refractivity contribution in [2.24, 2.45) is 0 Å². The molecule has 0 amide bonds. The van der Waals surface area contributed by atoms with Crippen LogP contribution in [0.25, 0.3) is 0 Å². The van der Waals surface area contributed by atoms with Gasteiger partial charge in [-0.15, -0.1) is 0 Å². The number of methoxy groups -OCH3 is 1. The van der Waals surface area contributed by atoms with Gasteiger partial charge in [-0.3, -0.25) is 0 Å². The summed E-state index contributed by atoms with van der Waals surface area (Å²) in [4.78, 5) is 0. The minimum atomic E-state index is -2.72. The van der Waals surface area contributed by atoms with Crippen LogP contribution in [0.1, 0.15) is 13.3 Å². The Kier molecular flexibility index (Phi) is 8.50. The average Bonchev–Trinajstić information content (AvgIpc) is 2.34. The van der Waals surface area contributed by atoms with Crippen molar-refractivity contribution >= 4 is 8.80 Å². The summed E-state index contributed by atoms with van der Waals surface area (Å²) in [6.07, 6.45) is 4.12. The molecule has 0 rings (SSSR count). The van der Waals surface area contributed by atoms with E-state index in [2.05, 4.69) is 0 Å². The molecule has 0 aliphatic carbocycles. The van der Waals surface area contributed by atoms with E-state index < -0.39 is 8.80 Å². The molecule has 0 aliphatic heterocycles. The largest absolute Gasteiger partial charge is 0.543 e. The Hall–Kier alpha value is -0.403. The lowest BCUT2D eigenvalue weighted by atomic mass is 10.5. The van der Waals surface area contributed by atoms with Crippen molar-refractivity contribution in [3.8, 4) is 0 Å². The van der Waals surface area contributed by atoms with E-state index in [1.165, 1.54) is 0 Å². The van der Waals surface area contributed by atoms with Crippen molar-refractivity contribution in [3.05, 3.63) is 12.3 Å². The predicted molar refractivity (Wildman–Crippen MR) is 63.0 cm³/mol. The fourth-order valence-corrected chi connectivity index (χ4v) is 3.39. The second kappa shape index (κ2) is 8.71. The first-order chi connectivity index (χ1) is 7.70. The highest BCUT2D eigenvalue weighted by atomic mass is 28.4. The first-order valence-electron chi connectivity index (χ1n) is 5.15. The molecule has 0 saturated carbocycles. The fraction of sp³-hybridized carbons (Fsp3) is 0.800. The molecule has 0 aromatic heterocycles. The van der Waals surface area contributed by atoms with Gasteiger partial charge in [0.05, 0.1) is 12.9 Å². The SMILES string of the molecule is CCC(OC=CCOC)[Si](OC)(OC)OC. The van der Waals surface area contributed by atoms with Crippen LogP contribution >= 0.6 is 0 Å². The zero-order valence-corrected chi connectivity index (χ0v) is 11.7. The summed E-state index contributed by atoms with van der Waals surface area (Å²) in [6, 6.07) is 0. The second-order valence-electron chi connectivity index (χ2n) is 3.08. The van der Waals surface area contributed by atoms with Gasteiger partial charge in [-0.1, -0.05) is 6.92 Å².